The van der Waals surface area contributed by atoms with Gasteiger partial charge in [0.05, 0.1) is 5.56 Å². The second-order valence-corrected chi connectivity index (χ2v) is 4.08. The molecule has 0 unspecified atom stereocenters. The van der Waals surface area contributed by atoms with Crippen molar-refractivity contribution < 1.29 is 13.2 Å². The van der Waals surface area contributed by atoms with Crippen LogP contribution in [0.3, 0.4) is 0 Å². The zero-order valence-corrected chi connectivity index (χ0v) is 10.3. The summed E-state index contributed by atoms with van der Waals surface area (Å²) in [7, 11) is -3.55. The highest BCUT2D eigenvalue weighted by Crippen LogP contribution is 2.20. The smallest absolute Gasteiger partial charge is 0.266 e. The Balaban J connectivity index is 0.000000461. The summed E-state index contributed by atoms with van der Waals surface area (Å²) in [5.74, 6) is -0.550. The van der Waals surface area contributed by atoms with Gasteiger partial charge < -0.3 is 0 Å². The summed E-state index contributed by atoms with van der Waals surface area (Å²) in [4.78, 5) is 13.0. The Bertz CT molecular complexity index is 455. The zero-order valence-electron chi connectivity index (χ0n) is 7.32. The molecule has 1 aromatic carbocycles. The van der Waals surface area contributed by atoms with E-state index in [1.165, 1.54) is 12.1 Å². The highest BCUT2D eigenvalue weighted by Gasteiger charge is 2.31. The van der Waals surface area contributed by atoms with Crippen LogP contribution >= 0.6 is 22.6 Å². The average Bonchev–Trinajstić information content (AvgIpc) is 2.42. The molecule has 0 saturated heterocycles. The van der Waals surface area contributed by atoms with Gasteiger partial charge in [-0.25, -0.2) is 13.1 Å². The quantitative estimate of drug-likeness (QED) is 0.575. The van der Waals surface area contributed by atoms with Gasteiger partial charge in [0.25, 0.3) is 15.9 Å². The highest BCUT2D eigenvalue weighted by molar-refractivity contribution is 14.1. The Morgan fingerprint density at radius 1 is 1.21 bits per heavy atom. The Morgan fingerprint density at radius 2 is 1.79 bits per heavy atom. The van der Waals surface area contributed by atoms with E-state index < -0.39 is 15.9 Å². The third-order valence-corrected chi connectivity index (χ3v) is 3.04. The van der Waals surface area contributed by atoms with E-state index in [4.69, 9.17) is 0 Å². The molecule has 1 aliphatic rings. The van der Waals surface area contributed by atoms with Gasteiger partial charge in [0.2, 0.25) is 0 Å². The summed E-state index contributed by atoms with van der Waals surface area (Å²) in [5, 5.41) is 0. The predicted octanol–water partition coefficient (Wildman–Crippen LogP) is 1.17. The number of sulfonamides is 1. The van der Waals surface area contributed by atoms with Gasteiger partial charge in [-0.2, -0.15) is 0 Å². The largest absolute Gasteiger partial charge is 0.268 e. The van der Waals surface area contributed by atoms with Crippen molar-refractivity contribution in [1.29, 1.82) is 0 Å². The Hall–Kier alpha value is -0.630. The highest BCUT2D eigenvalue weighted by atomic mass is 127. The lowest BCUT2D eigenvalue weighted by molar-refractivity contribution is 0.0985. The van der Waals surface area contributed by atoms with Gasteiger partial charge in [-0.1, -0.05) is 34.7 Å². The molecule has 76 valence electrons. The minimum atomic E-state index is -3.55. The summed E-state index contributed by atoms with van der Waals surface area (Å²) in [5.41, 5.74) is 0.220. The van der Waals surface area contributed by atoms with Gasteiger partial charge in [0, 0.05) is 0 Å². The molecule has 4 nitrogen and oxygen atoms in total. The van der Waals surface area contributed by atoms with E-state index in [0.29, 0.717) is 0 Å². The Kier molecular flexibility index (Phi) is 3.48. The van der Waals surface area contributed by atoms with Gasteiger partial charge in [0.15, 0.2) is 0 Å². The minimum Gasteiger partial charge on any atom is -0.268 e. The van der Waals surface area contributed by atoms with Crippen molar-refractivity contribution in [2.45, 2.75) is 4.90 Å². The zero-order chi connectivity index (χ0) is 10.8. The van der Waals surface area contributed by atoms with E-state index in [1.807, 2.05) is 9.65 Å². The van der Waals surface area contributed by atoms with Crippen LogP contribution in [0.1, 0.15) is 10.4 Å². The molecule has 0 spiro atoms. The lowest BCUT2D eigenvalue weighted by atomic mass is 10.2. The topological polar surface area (TPSA) is 63.2 Å². The molecular weight excluding hydrogens is 317 g/mol. The summed E-state index contributed by atoms with van der Waals surface area (Å²) in [6.07, 6.45) is 0. The summed E-state index contributed by atoms with van der Waals surface area (Å²) < 4.78 is 24.2. The molecule has 1 aliphatic heterocycles. The molecule has 1 N–H and O–H groups in total. The standard InChI is InChI=1S/C7H5NO3S.CH3I/c9-7-5-3-1-2-4-6(5)12(10,11)8-7;1-2/h1-4H,(H,8,9);1H3. The van der Waals surface area contributed by atoms with E-state index in [0.717, 1.165) is 0 Å². The number of alkyl halides is 1. The number of carbonyl (C=O) groups excluding carboxylic acids is 1. The molecular formula is C8H8INO3S. The van der Waals surface area contributed by atoms with Crippen LogP contribution in [0.15, 0.2) is 29.2 Å². The molecule has 2 rings (SSSR count). The summed E-state index contributed by atoms with van der Waals surface area (Å²) in [6.45, 7) is 0. The first-order valence-electron chi connectivity index (χ1n) is 3.65. The number of hydrogen-bond donors (Lipinski definition) is 1. The normalized spacial score (nSPS) is 16.3. The monoisotopic (exact) mass is 325 g/mol. The molecule has 0 aliphatic carbocycles. The van der Waals surface area contributed by atoms with Crippen LogP contribution < -0.4 is 4.72 Å². The maximum Gasteiger partial charge on any atom is 0.266 e. The van der Waals surface area contributed by atoms with Gasteiger partial charge >= 0.3 is 0 Å². The van der Waals surface area contributed by atoms with Gasteiger partial charge in [-0.15, -0.1) is 0 Å². The van der Waals surface area contributed by atoms with Gasteiger partial charge in [-0.3, -0.25) is 4.79 Å². The van der Waals surface area contributed by atoms with Crippen molar-refractivity contribution in [3.05, 3.63) is 29.8 Å². The van der Waals surface area contributed by atoms with Gasteiger partial charge in [-0.05, 0) is 17.1 Å². The van der Waals surface area contributed by atoms with Crippen LogP contribution in [0.2, 0.25) is 0 Å². The van der Waals surface area contributed by atoms with Crippen molar-refractivity contribution in [2.24, 2.45) is 0 Å². The summed E-state index contributed by atoms with van der Waals surface area (Å²) >= 11 is 2.15. The van der Waals surface area contributed by atoms with Crippen molar-refractivity contribution in [2.75, 3.05) is 4.93 Å². The third kappa shape index (κ3) is 1.90. The van der Waals surface area contributed by atoms with E-state index in [2.05, 4.69) is 22.6 Å². The first kappa shape index (κ1) is 11.4. The van der Waals surface area contributed by atoms with E-state index in [9.17, 15) is 13.2 Å². The first-order chi connectivity index (χ1) is 6.61. The van der Waals surface area contributed by atoms with Crippen molar-refractivity contribution in [3.8, 4) is 0 Å². The van der Waals surface area contributed by atoms with Crippen LogP contribution in [0.4, 0.5) is 0 Å². The number of fused-ring (bicyclic) bond motifs is 1. The first-order valence-corrected chi connectivity index (χ1v) is 7.29. The number of nitrogens with one attached hydrogen (secondary N) is 1. The number of carbonyl (C=O) groups is 1. The van der Waals surface area contributed by atoms with Gasteiger partial charge in [0.1, 0.15) is 4.90 Å². The lowest BCUT2D eigenvalue weighted by Gasteiger charge is -1.91. The lowest BCUT2D eigenvalue weighted by Crippen LogP contribution is -2.20. The van der Waals surface area contributed by atoms with Crippen LogP contribution in [0.25, 0.3) is 0 Å². The fourth-order valence-corrected chi connectivity index (χ4v) is 2.29. The molecule has 0 atom stereocenters. The number of amides is 1. The molecule has 1 aromatic rings. The molecule has 1 amide bonds. The average molecular weight is 325 g/mol. The maximum atomic E-state index is 11.1. The Morgan fingerprint density at radius 3 is 2.36 bits per heavy atom. The molecule has 0 bridgehead atoms. The number of benzene rings is 1. The van der Waals surface area contributed by atoms with Crippen molar-refractivity contribution >= 4 is 38.5 Å². The molecule has 0 fully saturated rings. The second-order valence-electron chi connectivity index (χ2n) is 2.43. The molecule has 0 aromatic heterocycles. The van der Waals surface area contributed by atoms with Crippen LogP contribution in [-0.2, 0) is 10.0 Å². The minimum absolute atomic E-state index is 0.0648. The van der Waals surface area contributed by atoms with Crippen LogP contribution in [0.5, 0.6) is 0 Å². The van der Waals surface area contributed by atoms with E-state index in [1.54, 1.807) is 12.1 Å². The van der Waals surface area contributed by atoms with Crippen molar-refractivity contribution in [3.63, 3.8) is 0 Å². The molecule has 1 heterocycles. The molecule has 14 heavy (non-hydrogen) atoms. The van der Waals surface area contributed by atoms with E-state index in [-0.39, 0.29) is 10.5 Å². The third-order valence-electron chi connectivity index (χ3n) is 1.65. The van der Waals surface area contributed by atoms with Crippen LogP contribution in [-0.4, -0.2) is 19.3 Å². The van der Waals surface area contributed by atoms with E-state index >= 15 is 0 Å². The fraction of sp³-hybridized carbons (Fsp3) is 0.125. The number of rotatable bonds is 0. The predicted molar refractivity (Wildman–Crippen MR) is 61.0 cm³/mol. The Labute approximate surface area is 95.9 Å². The molecule has 6 heteroatoms. The maximum absolute atomic E-state index is 11.1. The van der Waals surface area contributed by atoms with Crippen LogP contribution in [0, 0.1) is 0 Å². The molecule has 0 saturated carbocycles. The number of halogens is 1. The molecule has 0 radical (unpaired) electrons. The number of hydrogen-bond acceptors (Lipinski definition) is 3. The second kappa shape index (κ2) is 4.26. The van der Waals surface area contributed by atoms with Crippen molar-refractivity contribution in [1.82, 2.24) is 4.72 Å². The summed E-state index contributed by atoms with van der Waals surface area (Å²) in [6, 6.07) is 6.09. The fourth-order valence-electron chi connectivity index (χ4n) is 1.12. The SMILES string of the molecule is CI.O=C1NS(=O)(=O)c2ccccc21.